The Morgan fingerprint density at radius 3 is 1.33 bits per heavy atom. The van der Waals surface area contributed by atoms with E-state index in [2.05, 4.69) is 13.8 Å². The van der Waals surface area contributed by atoms with Gasteiger partial charge in [-0.2, -0.15) is 8.42 Å². The van der Waals surface area contributed by atoms with Crippen molar-refractivity contribution in [2.24, 2.45) is 0 Å². The topological polar surface area (TPSA) is 186 Å². The number of aliphatic hydroxyl groups is 3. The fourth-order valence-corrected chi connectivity index (χ4v) is 7.66. The molecule has 1 heterocycles. The zero-order valence-corrected chi connectivity index (χ0v) is 35.4. The van der Waals surface area contributed by atoms with Gasteiger partial charge in [0.15, 0.2) is 12.4 Å². The van der Waals surface area contributed by atoms with Crippen LogP contribution < -0.4 is 0 Å². The van der Waals surface area contributed by atoms with Crippen LogP contribution in [0.25, 0.3) is 0 Å². The highest BCUT2D eigenvalue weighted by atomic mass is 32.2. The smallest absolute Gasteiger partial charge is 0.306 e. The fraction of sp³-hybridized carbons (Fsp3) is 0.952. The van der Waals surface area contributed by atoms with Gasteiger partial charge in [-0.25, -0.2) is 0 Å². The van der Waals surface area contributed by atoms with Crippen LogP contribution in [0, 0.1) is 0 Å². The molecule has 0 spiro atoms. The van der Waals surface area contributed by atoms with Crippen molar-refractivity contribution in [1.82, 2.24) is 0 Å². The Hall–Kier alpha value is -1.35. The van der Waals surface area contributed by atoms with Gasteiger partial charge in [0.1, 0.15) is 36.8 Å². The first-order valence-corrected chi connectivity index (χ1v) is 23.7. The Balaban J connectivity index is 2.35. The van der Waals surface area contributed by atoms with E-state index in [0.29, 0.717) is 12.8 Å². The maximum atomic E-state index is 12.7. The van der Waals surface area contributed by atoms with Crippen molar-refractivity contribution in [1.29, 1.82) is 0 Å². The molecule has 0 aliphatic carbocycles. The second-order valence-corrected chi connectivity index (χ2v) is 17.2. The quantitative estimate of drug-likeness (QED) is 0.0267. The van der Waals surface area contributed by atoms with Crippen LogP contribution in [0.3, 0.4) is 0 Å². The third-order valence-corrected chi connectivity index (χ3v) is 11.2. The van der Waals surface area contributed by atoms with Gasteiger partial charge in [-0.05, 0) is 12.8 Å². The number of aliphatic hydroxyl groups excluding tert-OH is 3. The van der Waals surface area contributed by atoms with Crippen molar-refractivity contribution < 1.29 is 56.8 Å². The van der Waals surface area contributed by atoms with Crippen molar-refractivity contribution >= 4 is 22.1 Å². The third kappa shape index (κ3) is 28.7. The molecule has 1 fully saturated rings. The van der Waals surface area contributed by atoms with Crippen molar-refractivity contribution in [3.05, 3.63) is 0 Å². The molecule has 0 aromatic heterocycles. The van der Waals surface area contributed by atoms with Crippen molar-refractivity contribution in [3.63, 3.8) is 0 Å². The van der Waals surface area contributed by atoms with Crippen LogP contribution in [0.1, 0.15) is 200 Å². The Bertz CT molecular complexity index is 1040. The van der Waals surface area contributed by atoms with Crippen molar-refractivity contribution in [3.8, 4) is 0 Å². The van der Waals surface area contributed by atoms with E-state index >= 15 is 0 Å². The van der Waals surface area contributed by atoms with Crippen LogP contribution in [-0.2, 0) is 38.7 Å². The first kappa shape index (κ1) is 51.7. The lowest BCUT2D eigenvalue weighted by Crippen LogP contribution is -2.60. The lowest BCUT2D eigenvalue weighted by atomic mass is 10.00. The molecule has 0 bridgehead atoms. The summed E-state index contributed by atoms with van der Waals surface area (Å²) in [7, 11) is -4.59. The fourth-order valence-electron chi connectivity index (χ4n) is 6.97. The average molecular weight is 809 g/mol. The van der Waals surface area contributed by atoms with Gasteiger partial charge in [0.05, 0.1) is 6.61 Å². The molecule has 326 valence electrons. The zero-order chi connectivity index (χ0) is 40.6. The van der Waals surface area contributed by atoms with Gasteiger partial charge in [-0.1, -0.05) is 174 Å². The van der Waals surface area contributed by atoms with Crippen LogP contribution in [0.15, 0.2) is 0 Å². The molecule has 4 N–H and O–H groups in total. The van der Waals surface area contributed by atoms with Crippen LogP contribution in [-0.4, -0.2) is 96.0 Å². The number of esters is 2. The van der Waals surface area contributed by atoms with Crippen LogP contribution in [0.4, 0.5) is 0 Å². The SMILES string of the molecule is CCCCCCCCCCCCCCCCCCCCCC(=O)OC[C@H](CO[C@H]1O[C@H](CS(=O)(=O)O)[C@@H](O)C(O)C1O)OC(=O)CCCCCCCCCC. The molecular weight excluding hydrogens is 729 g/mol. The summed E-state index contributed by atoms with van der Waals surface area (Å²) < 4.78 is 53.9. The minimum absolute atomic E-state index is 0.169. The van der Waals surface area contributed by atoms with E-state index in [0.717, 1.165) is 38.5 Å². The first-order chi connectivity index (χ1) is 26.5. The van der Waals surface area contributed by atoms with E-state index in [-0.39, 0.29) is 19.4 Å². The predicted octanol–water partition coefficient (Wildman–Crippen LogP) is 8.51. The van der Waals surface area contributed by atoms with E-state index in [9.17, 15) is 37.9 Å². The molecule has 1 rings (SSSR count). The van der Waals surface area contributed by atoms with Crippen LogP contribution in [0.2, 0.25) is 0 Å². The molecule has 0 aromatic carbocycles. The molecule has 55 heavy (non-hydrogen) atoms. The van der Waals surface area contributed by atoms with E-state index in [1.165, 1.54) is 122 Å². The summed E-state index contributed by atoms with van der Waals surface area (Å²) in [4.78, 5) is 25.2. The second-order valence-electron chi connectivity index (χ2n) is 15.7. The number of ether oxygens (including phenoxy) is 4. The summed E-state index contributed by atoms with van der Waals surface area (Å²) in [6, 6.07) is 0. The normalized spacial score (nSPS) is 20.7. The Labute approximate surface area is 333 Å². The van der Waals surface area contributed by atoms with Crippen LogP contribution in [0.5, 0.6) is 0 Å². The Morgan fingerprint density at radius 1 is 0.545 bits per heavy atom. The monoisotopic (exact) mass is 809 g/mol. The largest absolute Gasteiger partial charge is 0.462 e. The summed E-state index contributed by atoms with van der Waals surface area (Å²) in [5.41, 5.74) is 0. The highest BCUT2D eigenvalue weighted by Gasteiger charge is 2.46. The predicted molar refractivity (Wildman–Crippen MR) is 215 cm³/mol. The van der Waals surface area contributed by atoms with Gasteiger partial charge in [0.2, 0.25) is 0 Å². The zero-order valence-electron chi connectivity index (χ0n) is 34.6. The minimum Gasteiger partial charge on any atom is -0.462 e. The van der Waals surface area contributed by atoms with Gasteiger partial charge in [0.25, 0.3) is 10.1 Å². The molecule has 0 saturated carbocycles. The highest BCUT2D eigenvalue weighted by Crippen LogP contribution is 2.24. The number of hydrogen-bond acceptors (Lipinski definition) is 11. The average Bonchev–Trinajstić information content (AvgIpc) is 3.14. The van der Waals surface area contributed by atoms with E-state index in [4.69, 9.17) is 18.9 Å². The number of unbranched alkanes of at least 4 members (excludes halogenated alkanes) is 25. The summed E-state index contributed by atoms with van der Waals surface area (Å²) in [6.45, 7) is 3.73. The van der Waals surface area contributed by atoms with Crippen molar-refractivity contribution in [2.45, 2.75) is 237 Å². The standard InChI is InChI=1S/C42H80O12S/c1-3-5-7-9-11-13-14-15-16-17-18-19-20-21-22-23-25-26-28-30-37(43)51-32-35(53-38(44)31-29-27-24-12-10-8-6-4-2)33-52-42-41(47)40(46)39(45)36(54-42)34-55(48,49)50/h35-36,39-42,45-47H,3-34H2,1-2H3,(H,48,49,50)/t35-,36-,39-,40?,41?,42+/m1/s1. The van der Waals surface area contributed by atoms with Crippen molar-refractivity contribution in [2.75, 3.05) is 19.0 Å². The van der Waals surface area contributed by atoms with E-state index < -0.39 is 71.2 Å². The highest BCUT2D eigenvalue weighted by molar-refractivity contribution is 7.85. The van der Waals surface area contributed by atoms with Gasteiger partial charge in [0, 0.05) is 12.8 Å². The molecular formula is C42H80O12S. The molecule has 1 saturated heterocycles. The summed E-state index contributed by atoms with van der Waals surface area (Å²) in [5, 5.41) is 30.8. The number of hydrogen-bond donors (Lipinski definition) is 4. The van der Waals surface area contributed by atoms with Gasteiger partial charge in [-0.15, -0.1) is 0 Å². The second kappa shape index (κ2) is 33.6. The first-order valence-electron chi connectivity index (χ1n) is 22.1. The van der Waals surface area contributed by atoms with Gasteiger partial charge >= 0.3 is 11.9 Å². The molecule has 1 aliphatic rings. The van der Waals surface area contributed by atoms with Gasteiger partial charge < -0.3 is 34.3 Å². The van der Waals surface area contributed by atoms with E-state index in [1.807, 2.05) is 0 Å². The molecule has 6 atom stereocenters. The Kier molecular flexibility index (Phi) is 31.6. The number of carbonyl (C=O) groups excluding carboxylic acids is 2. The maximum absolute atomic E-state index is 12.7. The Morgan fingerprint density at radius 2 is 0.927 bits per heavy atom. The summed E-state index contributed by atoms with van der Waals surface area (Å²) in [5.74, 6) is -1.97. The molecule has 13 heteroatoms. The molecule has 12 nitrogen and oxygen atoms in total. The lowest BCUT2D eigenvalue weighted by molar-refractivity contribution is -0.297. The van der Waals surface area contributed by atoms with Crippen LogP contribution >= 0.6 is 0 Å². The molecule has 0 radical (unpaired) electrons. The lowest BCUT2D eigenvalue weighted by Gasteiger charge is -2.40. The van der Waals surface area contributed by atoms with E-state index in [1.54, 1.807) is 0 Å². The minimum atomic E-state index is -4.59. The maximum Gasteiger partial charge on any atom is 0.306 e. The third-order valence-electron chi connectivity index (χ3n) is 10.4. The molecule has 0 amide bonds. The summed E-state index contributed by atoms with van der Waals surface area (Å²) >= 11 is 0. The van der Waals surface area contributed by atoms with Gasteiger partial charge in [-0.3, -0.25) is 14.1 Å². The molecule has 1 aliphatic heterocycles. The number of carbonyl (C=O) groups is 2. The summed E-state index contributed by atoms with van der Waals surface area (Å²) in [6.07, 6.45) is 23.2. The molecule has 0 aromatic rings. The number of rotatable bonds is 37. The molecule has 2 unspecified atom stereocenters.